The number of aromatic amines is 1. The molecule has 110 valence electrons. The van der Waals surface area contributed by atoms with E-state index >= 15 is 0 Å². The van der Waals surface area contributed by atoms with Crippen LogP contribution in [-0.4, -0.2) is 34.9 Å². The van der Waals surface area contributed by atoms with E-state index in [1.165, 1.54) is 5.57 Å². The van der Waals surface area contributed by atoms with Crippen molar-refractivity contribution in [1.29, 1.82) is 0 Å². The summed E-state index contributed by atoms with van der Waals surface area (Å²) < 4.78 is 0. The number of amides is 1. The van der Waals surface area contributed by atoms with Crippen LogP contribution >= 0.6 is 0 Å². The molecule has 1 aliphatic rings. The number of nitrogens with two attached hydrogens (primary N) is 1. The number of benzene rings is 1. The number of H-pyrrole nitrogens is 1. The third-order valence-electron chi connectivity index (χ3n) is 4.18. The van der Waals surface area contributed by atoms with Gasteiger partial charge in [-0.1, -0.05) is 29.8 Å². The molecule has 1 atom stereocenters. The van der Waals surface area contributed by atoms with Crippen LogP contribution in [0.25, 0.3) is 10.9 Å². The van der Waals surface area contributed by atoms with Gasteiger partial charge in [-0.2, -0.15) is 0 Å². The van der Waals surface area contributed by atoms with Gasteiger partial charge < -0.3 is 15.6 Å². The summed E-state index contributed by atoms with van der Waals surface area (Å²) in [4.78, 5) is 17.5. The first-order chi connectivity index (χ1) is 10.1. The summed E-state index contributed by atoms with van der Waals surface area (Å²) in [5.41, 5.74) is 9.68. The zero-order chi connectivity index (χ0) is 14.8. The molecule has 1 amide bonds. The van der Waals surface area contributed by atoms with Gasteiger partial charge in [0.15, 0.2) is 0 Å². The van der Waals surface area contributed by atoms with Crippen LogP contribution < -0.4 is 5.73 Å². The summed E-state index contributed by atoms with van der Waals surface area (Å²) in [7, 11) is 0. The molecule has 0 fully saturated rings. The number of hydrogen-bond acceptors (Lipinski definition) is 2. The zero-order valence-electron chi connectivity index (χ0n) is 12.3. The van der Waals surface area contributed by atoms with E-state index in [0.717, 1.165) is 29.4 Å². The van der Waals surface area contributed by atoms with E-state index in [4.69, 9.17) is 5.73 Å². The Kier molecular flexibility index (Phi) is 3.80. The molecule has 1 aromatic heterocycles. The lowest BCUT2D eigenvalue weighted by Crippen LogP contribution is -2.46. The molecule has 3 rings (SSSR count). The molecule has 4 nitrogen and oxygen atoms in total. The normalized spacial score (nSPS) is 16.9. The fourth-order valence-electron chi connectivity index (χ4n) is 2.83. The summed E-state index contributed by atoms with van der Waals surface area (Å²) in [6.45, 7) is 3.57. The van der Waals surface area contributed by atoms with Crippen LogP contribution in [0.15, 0.2) is 42.1 Å². The van der Waals surface area contributed by atoms with E-state index in [9.17, 15) is 4.79 Å². The molecule has 4 heteroatoms. The van der Waals surface area contributed by atoms with Crippen molar-refractivity contribution in [1.82, 2.24) is 9.88 Å². The molecule has 0 saturated heterocycles. The lowest BCUT2D eigenvalue weighted by Gasteiger charge is -2.28. The van der Waals surface area contributed by atoms with Gasteiger partial charge in [0.05, 0.1) is 6.04 Å². The van der Waals surface area contributed by atoms with Gasteiger partial charge in [0.1, 0.15) is 0 Å². The first kappa shape index (κ1) is 13.9. The summed E-state index contributed by atoms with van der Waals surface area (Å²) in [5, 5.41) is 1.15. The average molecular weight is 283 g/mol. The number of para-hydroxylation sites is 1. The zero-order valence-corrected chi connectivity index (χ0v) is 12.3. The molecule has 1 unspecified atom stereocenters. The topological polar surface area (TPSA) is 62.1 Å². The van der Waals surface area contributed by atoms with Crippen LogP contribution in [-0.2, 0) is 11.2 Å². The monoisotopic (exact) mass is 283 g/mol. The van der Waals surface area contributed by atoms with Crippen molar-refractivity contribution in [3.63, 3.8) is 0 Å². The van der Waals surface area contributed by atoms with E-state index in [1.807, 2.05) is 29.3 Å². The second-order valence-corrected chi connectivity index (χ2v) is 5.75. The summed E-state index contributed by atoms with van der Waals surface area (Å²) in [6.07, 6.45) is 5.59. The minimum absolute atomic E-state index is 0.0454. The molecule has 3 N–H and O–H groups in total. The molecule has 0 radical (unpaired) electrons. The highest BCUT2D eigenvalue weighted by Crippen LogP contribution is 2.19. The molecule has 2 aromatic rings. The molecule has 2 heterocycles. The summed E-state index contributed by atoms with van der Waals surface area (Å²) >= 11 is 0. The highest BCUT2D eigenvalue weighted by atomic mass is 16.2. The van der Waals surface area contributed by atoms with E-state index in [0.29, 0.717) is 13.0 Å². The highest BCUT2D eigenvalue weighted by Gasteiger charge is 2.23. The average Bonchev–Trinajstić information content (AvgIpc) is 2.91. The van der Waals surface area contributed by atoms with Gasteiger partial charge in [-0.25, -0.2) is 0 Å². The first-order valence-corrected chi connectivity index (χ1v) is 7.40. The van der Waals surface area contributed by atoms with Crippen LogP contribution in [0.3, 0.4) is 0 Å². The third kappa shape index (κ3) is 2.85. The number of nitrogens with zero attached hydrogens (tertiary/aromatic N) is 1. The molecule has 0 bridgehead atoms. The number of hydrogen-bond donors (Lipinski definition) is 2. The van der Waals surface area contributed by atoms with Crippen molar-refractivity contribution in [2.75, 3.05) is 13.1 Å². The standard InChI is InChI=1S/C17H21N3O/c1-12-6-8-20(9-7-12)17(21)15(18)10-13-11-19-16-5-3-2-4-14(13)16/h2-6,11,15,19H,7-10,18H2,1H3. The van der Waals surface area contributed by atoms with E-state index in [2.05, 4.69) is 24.1 Å². The number of carbonyl (C=O) groups excluding carboxylic acids is 1. The van der Waals surface area contributed by atoms with Crippen molar-refractivity contribution in [3.8, 4) is 0 Å². The van der Waals surface area contributed by atoms with Crippen LogP contribution in [0.4, 0.5) is 0 Å². The predicted molar refractivity (Wildman–Crippen MR) is 84.9 cm³/mol. The van der Waals surface area contributed by atoms with Crippen molar-refractivity contribution in [3.05, 3.63) is 47.7 Å². The largest absolute Gasteiger partial charge is 0.361 e. The SMILES string of the molecule is CC1=CCN(C(=O)C(N)Cc2c[nH]c3ccccc23)CC1. The number of nitrogens with one attached hydrogen (secondary N) is 1. The fourth-order valence-corrected chi connectivity index (χ4v) is 2.83. The second kappa shape index (κ2) is 5.74. The Morgan fingerprint density at radius 1 is 1.43 bits per heavy atom. The smallest absolute Gasteiger partial charge is 0.240 e. The van der Waals surface area contributed by atoms with Crippen molar-refractivity contribution in [2.24, 2.45) is 5.73 Å². The molecule has 1 aliphatic heterocycles. The molecule has 0 saturated carbocycles. The Labute approximate surface area is 124 Å². The molecular weight excluding hydrogens is 262 g/mol. The van der Waals surface area contributed by atoms with Crippen LogP contribution in [0.5, 0.6) is 0 Å². The van der Waals surface area contributed by atoms with Gasteiger partial charge in [-0.05, 0) is 31.4 Å². The van der Waals surface area contributed by atoms with Crippen LogP contribution in [0, 0.1) is 0 Å². The Bertz CT molecular complexity index is 686. The third-order valence-corrected chi connectivity index (χ3v) is 4.18. The van der Waals surface area contributed by atoms with Gasteiger partial charge >= 0.3 is 0 Å². The Morgan fingerprint density at radius 3 is 3.00 bits per heavy atom. The van der Waals surface area contributed by atoms with E-state index < -0.39 is 6.04 Å². The number of rotatable bonds is 3. The van der Waals surface area contributed by atoms with Gasteiger partial charge in [-0.3, -0.25) is 4.79 Å². The van der Waals surface area contributed by atoms with Gasteiger partial charge in [0, 0.05) is 30.2 Å². The molecule has 21 heavy (non-hydrogen) atoms. The fraction of sp³-hybridized carbons (Fsp3) is 0.353. The maximum absolute atomic E-state index is 12.4. The van der Waals surface area contributed by atoms with Gasteiger partial charge in [0.25, 0.3) is 0 Å². The lowest BCUT2D eigenvalue weighted by atomic mass is 10.0. The van der Waals surface area contributed by atoms with Crippen molar-refractivity contribution >= 4 is 16.8 Å². The Balaban J connectivity index is 1.71. The maximum Gasteiger partial charge on any atom is 0.240 e. The number of carbonyl (C=O) groups is 1. The van der Waals surface area contributed by atoms with Crippen LogP contribution in [0.1, 0.15) is 18.9 Å². The lowest BCUT2D eigenvalue weighted by molar-refractivity contribution is -0.132. The number of aromatic nitrogens is 1. The van der Waals surface area contributed by atoms with Crippen molar-refractivity contribution in [2.45, 2.75) is 25.8 Å². The first-order valence-electron chi connectivity index (χ1n) is 7.40. The quantitative estimate of drug-likeness (QED) is 0.848. The van der Waals surface area contributed by atoms with Crippen molar-refractivity contribution < 1.29 is 4.79 Å². The van der Waals surface area contributed by atoms with E-state index in [-0.39, 0.29) is 5.91 Å². The minimum atomic E-state index is -0.476. The molecule has 0 aliphatic carbocycles. The maximum atomic E-state index is 12.4. The molecule has 0 spiro atoms. The summed E-state index contributed by atoms with van der Waals surface area (Å²) in [6, 6.07) is 7.62. The predicted octanol–water partition coefficient (Wildman–Crippen LogP) is 2.22. The molecular formula is C17H21N3O. The van der Waals surface area contributed by atoms with Crippen LogP contribution in [0.2, 0.25) is 0 Å². The van der Waals surface area contributed by atoms with Gasteiger partial charge in [0.2, 0.25) is 5.91 Å². The Morgan fingerprint density at radius 2 is 2.24 bits per heavy atom. The van der Waals surface area contributed by atoms with E-state index in [1.54, 1.807) is 0 Å². The van der Waals surface area contributed by atoms with Gasteiger partial charge in [-0.15, -0.1) is 0 Å². The second-order valence-electron chi connectivity index (χ2n) is 5.75. The molecule has 1 aromatic carbocycles. The Hall–Kier alpha value is -2.07. The minimum Gasteiger partial charge on any atom is -0.361 e. The summed E-state index contributed by atoms with van der Waals surface area (Å²) in [5.74, 6) is 0.0454. The highest BCUT2D eigenvalue weighted by molar-refractivity contribution is 5.86. The number of fused-ring (bicyclic) bond motifs is 1.